The van der Waals surface area contributed by atoms with E-state index in [1.165, 1.54) is 23.9 Å². The number of nitrogens with two attached hydrogens (primary N) is 2. The van der Waals surface area contributed by atoms with Crippen LogP contribution in [-0.4, -0.2) is 58.8 Å². The monoisotopic (exact) mass is 552 g/mol. The zero-order chi connectivity index (χ0) is 28.6. The van der Waals surface area contributed by atoms with E-state index in [4.69, 9.17) is 16.2 Å². The number of rotatable bonds is 9. The molecule has 0 radical (unpaired) electrons. The first-order chi connectivity index (χ1) is 19.2. The molecule has 0 bridgehead atoms. The smallest absolute Gasteiger partial charge is 0.255 e. The molecule has 12 heteroatoms. The number of primary amides is 1. The van der Waals surface area contributed by atoms with Gasteiger partial charge in [-0.1, -0.05) is 24.3 Å². The maximum atomic E-state index is 13.6. The summed E-state index contributed by atoms with van der Waals surface area (Å²) in [6.45, 7) is 1.57. The van der Waals surface area contributed by atoms with E-state index in [1.54, 1.807) is 29.2 Å². The molecular weight excluding hydrogens is 522 g/mol. The normalized spacial score (nSPS) is 19.9. The lowest BCUT2D eigenvalue weighted by Gasteiger charge is -2.16. The minimum atomic E-state index is -1.03. The highest BCUT2D eigenvalue weighted by Gasteiger charge is 2.46. The molecule has 2 fully saturated rings. The van der Waals surface area contributed by atoms with Gasteiger partial charge in [0.25, 0.3) is 11.8 Å². The molecule has 2 aliphatic rings. The zero-order valence-electron chi connectivity index (χ0n) is 21.9. The number of hydrogen-bond donors (Lipinski definition) is 3. The molecule has 1 aliphatic heterocycles. The second-order valence-electron chi connectivity index (χ2n) is 10.2. The number of halogens is 2. The number of carbonyl (C=O) groups is 3. The van der Waals surface area contributed by atoms with Gasteiger partial charge in [-0.25, -0.2) is 13.5 Å². The van der Waals surface area contributed by atoms with Gasteiger partial charge in [0.05, 0.1) is 18.6 Å². The van der Waals surface area contributed by atoms with Crippen LogP contribution in [0.2, 0.25) is 0 Å². The van der Waals surface area contributed by atoms with E-state index in [-0.39, 0.29) is 41.1 Å². The number of likely N-dealkylation sites (tertiary alicyclic amines) is 1. The van der Waals surface area contributed by atoms with Crippen molar-refractivity contribution in [2.45, 2.75) is 32.1 Å². The van der Waals surface area contributed by atoms with Crippen LogP contribution in [-0.2, 0) is 17.9 Å². The van der Waals surface area contributed by atoms with Crippen LogP contribution in [0.5, 0.6) is 5.75 Å². The first kappa shape index (κ1) is 27.1. The van der Waals surface area contributed by atoms with Crippen molar-refractivity contribution in [2.24, 2.45) is 17.6 Å². The predicted molar refractivity (Wildman–Crippen MR) is 142 cm³/mol. The third-order valence-corrected chi connectivity index (χ3v) is 7.38. The maximum Gasteiger partial charge on any atom is 0.255 e. The summed E-state index contributed by atoms with van der Waals surface area (Å²) in [5.74, 6) is -1.96. The number of carbonyl (C=O) groups excluding carboxylic acids is 3. The summed E-state index contributed by atoms with van der Waals surface area (Å²) in [6.07, 6.45) is -0.0176. The molecule has 1 aliphatic carbocycles. The molecule has 5 N–H and O–H groups in total. The molecule has 5 rings (SSSR count). The van der Waals surface area contributed by atoms with Crippen LogP contribution in [0.1, 0.15) is 39.1 Å². The van der Waals surface area contributed by atoms with Gasteiger partial charge in [0, 0.05) is 31.7 Å². The molecule has 1 saturated carbocycles. The van der Waals surface area contributed by atoms with Crippen LogP contribution < -0.4 is 21.5 Å². The van der Waals surface area contributed by atoms with Crippen LogP contribution in [0.25, 0.3) is 11.3 Å². The Morgan fingerprint density at radius 1 is 1.18 bits per heavy atom. The van der Waals surface area contributed by atoms with Crippen LogP contribution in [0, 0.1) is 17.7 Å². The quantitative estimate of drug-likeness (QED) is 0.372. The van der Waals surface area contributed by atoms with Crippen molar-refractivity contribution in [1.82, 2.24) is 20.0 Å². The minimum absolute atomic E-state index is 0.0549. The summed E-state index contributed by atoms with van der Waals surface area (Å²) in [4.78, 5) is 38.9. The topological polar surface area (TPSA) is 146 Å². The maximum absolute atomic E-state index is 13.6. The van der Waals surface area contributed by atoms with Gasteiger partial charge in [0.1, 0.15) is 34.8 Å². The molecule has 3 atom stereocenters. The van der Waals surface area contributed by atoms with Crippen molar-refractivity contribution in [1.29, 1.82) is 0 Å². The van der Waals surface area contributed by atoms with Crippen LogP contribution >= 0.6 is 0 Å². The molecular formula is C28H30F2N6O4. The van der Waals surface area contributed by atoms with Gasteiger partial charge in [-0.2, -0.15) is 5.10 Å². The Labute approximate surface area is 229 Å². The number of nitrogens with zero attached hydrogens (tertiary/aromatic N) is 3. The van der Waals surface area contributed by atoms with Gasteiger partial charge in [0.2, 0.25) is 5.91 Å². The lowest BCUT2D eigenvalue weighted by Crippen LogP contribution is -2.31. The summed E-state index contributed by atoms with van der Waals surface area (Å²) in [5.41, 5.74) is 13.8. The summed E-state index contributed by atoms with van der Waals surface area (Å²) < 4.78 is 33.6. The minimum Gasteiger partial charge on any atom is -0.496 e. The van der Waals surface area contributed by atoms with Crippen LogP contribution in [0.15, 0.2) is 42.5 Å². The summed E-state index contributed by atoms with van der Waals surface area (Å²) in [6, 6.07) is 10.7. The molecule has 0 unspecified atom stereocenters. The van der Waals surface area contributed by atoms with E-state index in [0.29, 0.717) is 37.3 Å². The van der Waals surface area contributed by atoms with Gasteiger partial charge in [-0.15, -0.1) is 0 Å². The number of amides is 3. The summed E-state index contributed by atoms with van der Waals surface area (Å²) in [5, 5.41) is 7.31. The number of hydrogen-bond acceptors (Lipinski definition) is 6. The molecule has 3 amide bonds. The van der Waals surface area contributed by atoms with E-state index >= 15 is 0 Å². The van der Waals surface area contributed by atoms with Gasteiger partial charge in [-0.05, 0) is 42.5 Å². The average molecular weight is 553 g/mol. The number of benzene rings is 2. The predicted octanol–water partition coefficient (Wildman–Crippen LogP) is 2.52. The Hall–Kier alpha value is -4.48. The van der Waals surface area contributed by atoms with Crippen molar-refractivity contribution in [3.8, 4) is 17.0 Å². The Balaban J connectivity index is 1.27. The molecule has 2 heterocycles. The number of nitrogens with one attached hydrogen (secondary N) is 1. The third-order valence-electron chi connectivity index (χ3n) is 7.38. The highest BCUT2D eigenvalue weighted by atomic mass is 19.1. The van der Waals surface area contributed by atoms with E-state index in [9.17, 15) is 23.2 Å². The van der Waals surface area contributed by atoms with Crippen molar-refractivity contribution in [2.75, 3.05) is 25.9 Å². The molecule has 2 aromatic carbocycles. The second-order valence-corrected chi connectivity index (χ2v) is 10.2. The molecule has 1 saturated heterocycles. The largest absolute Gasteiger partial charge is 0.496 e. The molecule has 210 valence electrons. The molecule has 1 aromatic heterocycles. The van der Waals surface area contributed by atoms with Gasteiger partial charge in [-0.3, -0.25) is 14.4 Å². The van der Waals surface area contributed by atoms with Crippen molar-refractivity contribution >= 4 is 23.5 Å². The Morgan fingerprint density at radius 3 is 2.55 bits per heavy atom. The first-order valence-electron chi connectivity index (χ1n) is 13.0. The Bertz CT molecular complexity index is 1460. The Morgan fingerprint density at radius 2 is 1.90 bits per heavy atom. The molecule has 10 nitrogen and oxygen atoms in total. The van der Waals surface area contributed by atoms with E-state index < -0.39 is 29.7 Å². The lowest BCUT2D eigenvalue weighted by molar-refractivity contribution is -0.132. The van der Waals surface area contributed by atoms with E-state index in [1.807, 2.05) is 0 Å². The Kier molecular flexibility index (Phi) is 7.42. The number of anilines is 1. The number of ether oxygens (including phenoxy) is 1. The van der Waals surface area contributed by atoms with Crippen LogP contribution in [0.3, 0.4) is 0 Å². The van der Waals surface area contributed by atoms with Crippen molar-refractivity contribution in [3.05, 3.63) is 65.0 Å². The standard InChI is InChI=1S/C28H30F2N6O4/c1-40-22-7-6-18(29)10-20(22)27(38)33-12-15-2-4-17(5-3-15)24-23(26(32)37)25(31)36(34-24)14-16-8-9-35(13-16)28(39)19-11-21(19)30/h2-7,10,16,19,21H,8-9,11-14,31H2,1H3,(H2,32,37)(H,33,38)/t16-,19-,21+/m1/s1. The third kappa shape index (κ3) is 5.47. The van der Waals surface area contributed by atoms with Gasteiger partial charge in [0.15, 0.2) is 0 Å². The molecule has 3 aromatic rings. The van der Waals surface area contributed by atoms with Gasteiger partial charge >= 0.3 is 0 Å². The number of methoxy groups -OCH3 is 1. The second kappa shape index (κ2) is 10.9. The summed E-state index contributed by atoms with van der Waals surface area (Å²) >= 11 is 0. The lowest BCUT2D eigenvalue weighted by atomic mass is 10.0. The zero-order valence-corrected chi connectivity index (χ0v) is 21.9. The fraction of sp³-hybridized carbons (Fsp3) is 0.357. The fourth-order valence-electron chi connectivity index (χ4n) is 5.06. The average Bonchev–Trinajstić information content (AvgIpc) is 3.33. The number of alkyl halides is 1. The number of nitrogen functional groups attached to an aromatic ring is 1. The molecule has 0 spiro atoms. The van der Waals surface area contributed by atoms with E-state index in [0.717, 1.165) is 18.1 Å². The summed E-state index contributed by atoms with van der Waals surface area (Å²) in [7, 11) is 1.40. The highest BCUT2D eigenvalue weighted by Crippen LogP contribution is 2.37. The first-order valence-corrected chi connectivity index (χ1v) is 13.0. The van der Waals surface area contributed by atoms with Gasteiger partial charge < -0.3 is 26.4 Å². The van der Waals surface area contributed by atoms with E-state index in [2.05, 4.69) is 10.4 Å². The van der Waals surface area contributed by atoms with Crippen LogP contribution in [0.4, 0.5) is 14.6 Å². The SMILES string of the molecule is COc1ccc(F)cc1C(=O)NCc1ccc(-c2nn(C[C@@H]3CCN(C(=O)[C@@H]4C[C@@H]4F)C3)c(N)c2C(N)=O)cc1. The number of aromatic nitrogens is 2. The van der Waals surface area contributed by atoms with Crippen molar-refractivity contribution < 1.29 is 27.9 Å². The fourth-order valence-corrected chi connectivity index (χ4v) is 5.06. The highest BCUT2D eigenvalue weighted by molar-refractivity contribution is 6.03. The van der Waals surface area contributed by atoms with Crippen molar-refractivity contribution in [3.63, 3.8) is 0 Å². The molecule has 40 heavy (non-hydrogen) atoms.